The summed E-state index contributed by atoms with van der Waals surface area (Å²) in [4.78, 5) is 136. The number of aliphatic hydroxyl groups is 1. The van der Waals surface area contributed by atoms with Gasteiger partial charge in [0.1, 0.15) is 81.9 Å². The van der Waals surface area contributed by atoms with Gasteiger partial charge in [-0.2, -0.15) is 0 Å². The van der Waals surface area contributed by atoms with Crippen LogP contribution in [0.5, 0.6) is 0 Å². The molecule has 5 amide bonds. The standard InChI is InChI=1S/C55H57N13O12S6/c1-24(2)41(54-68-44(35(86-54)19-80-6)47(76)58-18-25(3)69)66-48(77)42-26(4)85-52(67-42)31(17-38(71)57-5)60-46(75)33-21-81-49(62-33)29-13-14-30(50-65-36(23-84-50)64-37(70)15-12-28(55(78)79)16-39(72)73)59-43(29)32-20-82-51(61-32)34-22-83-53(63-34)40(56)45(74)27-10-8-7-9-11-27/h7-11,13-14,20-24,28,31,40-41,45,74H,12,15-19,56H2,1-6H3,(H,57,71)(H,58,76)(H,60,75)(H,64,70)(H,66,77)(H,72,73)(H,78,79)/t28-,31-,40-,41-,45-/m0/s1. The maximum absolute atomic E-state index is 14.3. The van der Waals surface area contributed by atoms with Crippen molar-refractivity contribution in [3.63, 3.8) is 0 Å². The van der Waals surface area contributed by atoms with Gasteiger partial charge in [0.25, 0.3) is 17.7 Å². The van der Waals surface area contributed by atoms with E-state index in [1.54, 1.807) is 52.7 Å². The molecule has 450 valence electrons. The summed E-state index contributed by atoms with van der Waals surface area (Å²) in [7, 11) is 2.92. The summed E-state index contributed by atoms with van der Waals surface area (Å²) in [6.45, 7) is 6.66. The van der Waals surface area contributed by atoms with Crippen molar-refractivity contribution in [2.24, 2.45) is 17.6 Å². The molecule has 0 spiro atoms. The van der Waals surface area contributed by atoms with Gasteiger partial charge in [-0.25, -0.2) is 34.9 Å². The zero-order valence-corrected chi connectivity index (χ0v) is 51.6. The highest BCUT2D eigenvalue weighted by molar-refractivity contribution is 7.15. The van der Waals surface area contributed by atoms with Gasteiger partial charge >= 0.3 is 11.9 Å². The number of nitrogens with two attached hydrogens (primary N) is 1. The third-order valence-electron chi connectivity index (χ3n) is 12.8. The van der Waals surface area contributed by atoms with E-state index < -0.39 is 78.0 Å². The molecule has 5 atom stereocenters. The number of aromatic nitrogens is 7. The third kappa shape index (κ3) is 15.9. The Hall–Kier alpha value is -8.01. The molecule has 0 saturated carbocycles. The highest BCUT2D eigenvalue weighted by Gasteiger charge is 2.32. The Morgan fingerprint density at radius 3 is 2.10 bits per heavy atom. The Morgan fingerprint density at radius 2 is 1.41 bits per heavy atom. The van der Waals surface area contributed by atoms with Gasteiger partial charge in [0.15, 0.2) is 0 Å². The molecular formula is C55H57N13O12S6. The Balaban J connectivity index is 1.05. The van der Waals surface area contributed by atoms with Gasteiger partial charge in [0.05, 0.1) is 60.6 Å². The van der Waals surface area contributed by atoms with Crippen LogP contribution in [-0.4, -0.2) is 118 Å². The molecule has 0 fully saturated rings. The quantitative estimate of drug-likeness (QED) is 0.0227. The fourth-order valence-electron chi connectivity index (χ4n) is 8.38. The predicted molar refractivity (Wildman–Crippen MR) is 325 cm³/mol. The van der Waals surface area contributed by atoms with Gasteiger partial charge in [-0.3, -0.25) is 38.4 Å². The number of rotatable bonds is 28. The van der Waals surface area contributed by atoms with Gasteiger partial charge in [-0.1, -0.05) is 44.2 Å². The second kappa shape index (κ2) is 28.9. The maximum Gasteiger partial charge on any atom is 0.307 e. The van der Waals surface area contributed by atoms with E-state index in [2.05, 4.69) is 41.5 Å². The van der Waals surface area contributed by atoms with Crippen LogP contribution < -0.4 is 32.3 Å². The first-order valence-electron chi connectivity index (χ1n) is 26.2. The number of hydrogen-bond acceptors (Lipinski definition) is 24. The summed E-state index contributed by atoms with van der Waals surface area (Å²) in [6.07, 6.45) is -2.37. The summed E-state index contributed by atoms with van der Waals surface area (Å²) in [5, 5.41) is 52.4. The zero-order valence-electron chi connectivity index (χ0n) is 46.7. The number of carbonyl (C=O) groups is 8. The molecule has 0 aliphatic heterocycles. The topological polar surface area (TPSA) is 383 Å². The van der Waals surface area contributed by atoms with E-state index in [1.807, 2.05) is 32.0 Å². The van der Waals surface area contributed by atoms with Crippen LogP contribution in [0.3, 0.4) is 0 Å². The highest BCUT2D eigenvalue weighted by Crippen LogP contribution is 2.40. The maximum atomic E-state index is 14.3. The van der Waals surface area contributed by atoms with Gasteiger partial charge in [0, 0.05) is 52.5 Å². The number of nitrogens with zero attached hydrogens (tertiary/aromatic N) is 7. The number of benzene rings is 1. The van der Waals surface area contributed by atoms with Crippen LogP contribution in [0, 0.1) is 18.8 Å². The molecule has 8 aromatic rings. The molecule has 1 aromatic carbocycles. The number of Topliss-reactive ketones (excluding diaryl/α,β-unsaturated/α-hetero) is 1. The third-order valence-corrected chi connectivity index (χ3v) is 18.6. The molecule has 0 unspecified atom stereocenters. The van der Waals surface area contributed by atoms with Crippen molar-refractivity contribution in [3.8, 4) is 43.4 Å². The summed E-state index contributed by atoms with van der Waals surface area (Å²) in [6, 6.07) is 9.89. The number of aryl methyl sites for hydroxylation is 1. The number of anilines is 1. The van der Waals surface area contributed by atoms with Crippen LogP contribution in [-0.2, 0) is 35.3 Å². The molecule has 0 bridgehead atoms. The number of carbonyl (C=O) groups excluding carboxylic acids is 6. The second-order valence-electron chi connectivity index (χ2n) is 19.6. The molecule has 86 heavy (non-hydrogen) atoms. The molecule has 0 aliphatic rings. The minimum absolute atomic E-state index is 0.0143. The first-order chi connectivity index (χ1) is 41.1. The first kappa shape index (κ1) is 64.0. The van der Waals surface area contributed by atoms with Crippen LogP contribution in [0.1, 0.15) is 132 Å². The number of amides is 5. The lowest BCUT2D eigenvalue weighted by atomic mass is 9.99. The summed E-state index contributed by atoms with van der Waals surface area (Å²) in [5.41, 5.74) is 9.32. The molecule has 0 aliphatic carbocycles. The summed E-state index contributed by atoms with van der Waals surface area (Å²) in [5.74, 6) is -6.95. The van der Waals surface area contributed by atoms with Crippen LogP contribution in [0.15, 0.2) is 64.0 Å². The lowest BCUT2D eigenvalue weighted by molar-refractivity contribution is -0.148. The molecule has 0 radical (unpaired) electrons. The van der Waals surface area contributed by atoms with Gasteiger partial charge in [0.2, 0.25) is 11.8 Å². The van der Waals surface area contributed by atoms with E-state index in [4.69, 9.17) is 35.5 Å². The minimum atomic E-state index is -1.32. The lowest BCUT2D eigenvalue weighted by Gasteiger charge is -2.20. The van der Waals surface area contributed by atoms with Crippen molar-refractivity contribution in [2.45, 2.75) is 84.2 Å². The first-order valence-corrected chi connectivity index (χ1v) is 31.4. The Labute approximate surface area is 515 Å². The Morgan fingerprint density at radius 1 is 0.698 bits per heavy atom. The Kier molecular flexibility index (Phi) is 21.5. The molecule has 31 heteroatoms. The smallest absolute Gasteiger partial charge is 0.307 e. The normalized spacial score (nSPS) is 13.1. The molecular weight excluding hydrogens is 1230 g/mol. The van der Waals surface area contributed by atoms with Crippen molar-refractivity contribution in [3.05, 3.63) is 111 Å². The number of thiazole rings is 6. The van der Waals surface area contributed by atoms with Crippen LogP contribution in [0.4, 0.5) is 5.82 Å². The van der Waals surface area contributed by atoms with Gasteiger partial charge < -0.3 is 52.4 Å². The van der Waals surface area contributed by atoms with Crippen LogP contribution >= 0.6 is 68.0 Å². The fraction of sp³-hybridized carbons (Fsp3) is 0.327. The van der Waals surface area contributed by atoms with Gasteiger partial charge in [-0.15, -0.1) is 68.0 Å². The number of hydrogen-bond donors (Lipinski definition) is 9. The van der Waals surface area contributed by atoms with Crippen molar-refractivity contribution in [1.29, 1.82) is 0 Å². The van der Waals surface area contributed by atoms with Crippen molar-refractivity contribution in [1.82, 2.24) is 56.2 Å². The molecule has 25 nitrogen and oxygen atoms in total. The minimum Gasteiger partial charge on any atom is -0.481 e. The van der Waals surface area contributed by atoms with E-state index in [0.717, 1.165) is 34.0 Å². The van der Waals surface area contributed by atoms with E-state index in [-0.39, 0.29) is 72.0 Å². The number of aliphatic carboxylic acids is 2. The SMILES string of the molecule is CNC(=O)C[C@H](NC(=O)c1csc(-c2ccc(-c3nc(NC(=O)CC[C@@H](CC(=O)O)C(=O)O)cs3)nc2-c2csc(-c3csc([C@@H](N)[C@@H](O)c4ccccc4)n3)n2)n1)c1nc(C(=O)N[C@H](c2nc(C(=O)NCC(C)=O)c(COC)s2)C(C)C)c(C)s1. The van der Waals surface area contributed by atoms with Crippen molar-refractivity contribution in [2.75, 3.05) is 26.0 Å². The molecule has 10 N–H and O–H groups in total. The molecule has 7 aromatic heterocycles. The monoisotopic (exact) mass is 1280 g/mol. The average molecular weight is 1280 g/mol. The number of aliphatic hydroxyl groups excluding tert-OH is 1. The predicted octanol–water partition coefficient (Wildman–Crippen LogP) is 7.62. The Bertz CT molecular complexity index is 3800. The summed E-state index contributed by atoms with van der Waals surface area (Å²) >= 11 is 7.15. The zero-order chi connectivity index (χ0) is 61.9. The highest BCUT2D eigenvalue weighted by atomic mass is 32.1. The second-order valence-corrected chi connectivity index (χ2v) is 25.4. The molecule has 8 rings (SSSR count). The number of nitrogens with one attached hydrogen (secondary N) is 5. The average Bonchev–Trinajstić information content (AvgIpc) is 2.31. The van der Waals surface area contributed by atoms with Crippen LogP contribution in [0.25, 0.3) is 43.4 Å². The summed E-state index contributed by atoms with van der Waals surface area (Å²) < 4.78 is 5.32. The van der Waals surface area contributed by atoms with Gasteiger partial charge in [-0.05, 0) is 43.9 Å². The fourth-order valence-corrected chi connectivity index (χ4v) is 13.8. The largest absolute Gasteiger partial charge is 0.481 e. The number of methoxy groups -OCH3 is 1. The number of ether oxygens (including phenoxy) is 1. The molecule has 7 heterocycles. The van der Waals surface area contributed by atoms with Crippen molar-refractivity contribution >= 4 is 121 Å². The van der Waals surface area contributed by atoms with Crippen LogP contribution in [0.2, 0.25) is 0 Å². The van der Waals surface area contributed by atoms with E-state index >= 15 is 0 Å². The molecule has 0 saturated heterocycles. The number of carboxylic acid groups (broad SMARTS) is 2. The number of ketones is 1. The van der Waals surface area contributed by atoms with E-state index in [1.165, 1.54) is 55.1 Å². The van der Waals surface area contributed by atoms with E-state index in [0.29, 0.717) is 68.7 Å². The lowest BCUT2D eigenvalue weighted by Crippen LogP contribution is -2.34. The van der Waals surface area contributed by atoms with Crippen molar-refractivity contribution < 1.29 is 58.4 Å². The van der Waals surface area contributed by atoms with E-state index in [9.17, 15) is 48.6 Å². The number of carboxylic acids is 2. The number of pyridine rings is 1.